The highest BCUT2D eigenvalue weighted by molar-refractivity contribution is 9.10. The summed E-state index contributed by atoms with van der Waals surface area (Å²) in [5.41, 5.74) is 3.86. The molecular formula is C17H12BrN5S. The molecule has 0 aliphatic rings. The third-order valence-corrected chi connectivity index (χ3v) is 5.01. The second-order valence-electron chi connectivity index (χ2n) is 5.12. The van der Waals surface area contributed by atoms with E-state index in [0.717, 1.165) is 32.3 Å². The van der Waals surface area contributed by atoms with E-state index >= 15 is 0 Å². The summed E-state index contributed by atoms with van der Waals surface area (Å²) in [5.74, 6) is 0.815. The van der Waals surface area contributed by atoms with E-state index in [0.29, 0.717) is 0 Å². The fraction of sp³-hybridized carbons (Fsp3) is 0.0588. The average Bonchev–Trinajstić information content (AvgIpc) is 3.04. The van der Waals surface area contributed by atoms with Crippen LogP contribution in [0.15, 0.2) is 70.6 Å². The van der Waals surface area contributed by atoms with Gasteiger partial charge < -0.3 is 0 Å². The summed E-state index contributed by atoms with van der Waals surface area (Å²) in [7, 11) is 0. The Labute approximate surface area is 151 Å². The van der Waals surface area contributed by atoms with Crippen LogP contribution in [0.1, 0.15) is 5.56 Å². The van der Waals surface area contributed by atoms with Crippen LogP contribution in [-0.4, -0.2) is 24.8 Å². The highest BCUT2D eigenvalue weighted by Gasteiger charge is 2.09. The number of pyridine rings is 1. The summed E-state index contributed by atoms with van der Waals surface area (Å²) >= 11 is 5.07. The van der Waals surface area contributed by atoms with Gasteiger partial charge in [-0.1, -0.05) is 39.8 Å². The van der Waals surface area contributed by atoms with Crippen molar-refractivity contribution in [3.8, 4) is 11.3 Å². The second kappa shape index (κ2) is 6.70. The van der Waals surface area contributed by atoms with Crippen LogP contribution in [0.3, 0.4) is 0 Å². The highest BCUT2D eigenvalue weighted by atomic mass is 79.9. The number of thioether (sulfide) groups is 1. The first-order valence-electron chi connectivity index (χ1n) is 7.30. The molecule has 118 valence electrons. The molecule has 0 atom stereocenters. The maximum Gasteiger partial charge on any atom is 0.212 e. The zero-order valence-electron chi connectivity index (χ0n) is 12.5. The Bertz CT molecular complexity index is 969. The van der Waals surface area contributed by atoms with Crippen LogP contribution >= 0.6 is 27.7 Å². The van der Waals surface area contributed by atoms with Crippen LogP contribution in [0, 0.1) is 0 Å². The van der Waals surface area contributed by atoms with Crippen molar-refractivity contribution < 1.29 is 0 Å². The van der Waals surface area contributed by atoms with Gasteiger partial charge in [0.25, 0.3) is 0 Å². The highest BCUT2D eigenvalue weighted by Crippen LogP contribution is 2.23. The van der Waals surface area contributed by atoms with Crippen molar-refractivity contribution in [3.63, 3.8) is 0 Å². The average molecular weight is 398 g/mol. The number of hydrogen-bond acceptors (Lipinski definition) is 5. The maximum atomic E-state index is 4.67. The Hall–Kier alpha value is -2.25. The summed E-state index contributed by atoms with van der Waals surface area (Å²) in [6.45, 7) is 0. The fourth-order valence-electron chi connectivity index (χ4n) is 2.26. The lowest BCUT2D eigenvalue weighted by atomic mass is 10.2. The lowest BCUT2D eigenvalue weighted by Crippen LogP contribution is -1.96. The van der Waals surface area contributed by atoms with Gasteiger partial charge in [0.15, 0.2) is 5.65 Å². The van der Waals surface area contributed by atoms with E-state index in [2.05, 4.69) is 48.3 Å². The molecule has 0 spiro atoms. The molecule has 0 saturated carbocycles. The molecule has 0 amide bonds. The lowest BCUT2D eigenvalue weighted by Gasteiger charge is -2.03. The lowest BCUT2D eigenvalue weighted by molar-refractivity contribution is 0.812. The summed E-state index contributed by atoms with van der Waals surface area (Å²) in [4.78, 5) is 4.04. The van der Waals surface area contributed by atoms with Crippen molar-refractivity contribution in [1.29, 1.82) is 0 Å². The number of nitrogens with zero attached hydrogens (tertiary/aromatic N) is 5. The molecule has 0 aliphatic heterocycles. The van der Waals surface area contributed by atoms with Gasteiger partial charge in [-0.3, -0.25) is 4.98 Å². The monoisotopic (exact) mass is 397 g/mol. The van der Waals surface area contributed by atoms with Gasteiger partial charge in [0, 0.05) is 28.2 Å². The Morgan fingerprint density at radius 1 is 0.917 bits per heavy atom. The van der Waals surface area contributed by atoms with Gasteiger partial charge >= 0.3 is 0 Å². The Kier molecular flexibility index (Phi) is 4.27. The van der Waals surface area contributed by atoms with Crippen molar-refractivity contribution in [2.75, 3.05) is 0 Å². The summed E-state index contributed by atoms with van der Waals surface area (Å²) < 4.78 is 2.87. The molecule has 1 aromatic carbocycles. The van der Waals surface area contributed by atoms with Gasteiger partial charge in [0.1, 0.15) is 0 Å². The van der Waals surface area contributed by atoms with Crippen molar-refractivity contribution >= 4 is 33.3 Å². The minimum absolute atomic E-state index is 0.742. The Morgan fingerprint density at radius 3 is 2.50 bits per heavy atom. The molecule has 0 N–H and O–H groups in total. The first kappa shape index (κ1) is 15.3. The number of fused-ring (bicyclic) bond motifs is 1. The smallest absolute Gasteiger partial charge is 0.212 e. The first-order chi connectivity index (χ1) is 11.8. The molecule has 0 unspecified atom stereocenters. The molecule has 3 aromatic heterocycles. The second-order valence-corrected chi connectivity index (χ2v) is 6.98. The van der Waals surface area contributed by atoms with Crippen LogP contribution in [0.4, 0.5) is 0 Å². The molecule has 7 heteroatoms. The number of halogens is 1. The Morgan fingerprint density at radius 2 is 1.71 bits per heavy atom. The van der Waals surface area contributed by atoms with Gasteiger partial charge in [-0.25, -0.2) is 0 Å². The third-order valence-electron chi connectivity index (χ3n) is 3.49. The van der Waals surface area contributed by atoms with Crippen LogP contribution in [-0.2, 0) is 5.75 Å². The van der Waals surface area contributed by atoms with E-state index in [1.165, 1.54) is 5.56 Å². The molecule has 0 bridgehead atoms. The molecule has 0 aliphatic carbocycles. The SMILES string of the molecule is Brc1ccc(CSc2nnc3ccc(-c4ccncc4)nn23)cc1. The summed E-state index contributed by atoms with van der Waals surface area (Å²) in [6.07, 6.45) is 3.52. The quantitative estimate of drug-likeness (QED) is 0.482. The molecule has 3 heterocycles. The number of aromatic nitrogens is 5. The first-order valence-corrected chi connectivity index (χ1v) is 9.07. The van der Waals surface area contributed by atoms with E-state index in [1.54, 1.807) is 28.7 Å². The van der Waals surface area contributed by atoms with Gasteiger partial charge in [-0.2, -0.15) is 9.61 Å². The zero-order valence-corrected chi connectivity index (χ0v) is 14.9. The third kappa shape index (κ3) is 3.18. The van der Waals surface area contributed by atoms with E-state index < -0.39 is 0 Å². The normalized spacial score (nSPS) is 11.0. The zero-order chi connectivity index (χ0) is 16.4. The molecule has 0 fully saturated rings. The molecule has 4 aromatic rings. The molecule has 5 nitrogen and oxygen atoms in total. The van der Waals surface area contributed by atoms with Crippen LogP contribution in [0.5, 0.6) is 0 Å². The maximum absolute atomic E-state index is 4.67. The number of rotatable bonds is 4. The van der Waals surface area contributed by atoms with E-state index in [-0.39, 0.29) is 0 Å². The van der Waals surface area contributed by atoms with Crippen molar-refractivity contribution in [2.45, 2.75) is 10.9 Å². The predicted molar refractivity (Wildman–Crippen MR) is 97.7 cm³/mol. The van der Waals surface area contributed by atoms with E-state index in [4.69, 9.17) is 0 Å². The van der Waals surface area contributed by atoms with Crippen LogP contribution in [0.2, 0.25) is 0 Å². The van der Waals surface area contributed by atoms with Gasteiger partial charge in [-0.05, 0) is 42.0 Å². The molecule has 24 heavy (non-hydrogen) atoms. The van der Waals surface area contributed by atoms with Crippen molar-refractivity contribution in [3.05, 3.63) is 71.0 Å². The van der Waals surface area contributed by atoms with Gasteiger partial charge in [0.2, 0.25) is 5.16 Å². The molecule has 4 rings (SSSR count). The van der Waals surface area contributed by atoms with Gasteiger partial charge in [0.05, 0.1) is 5.69 Å². The topological polar surface area (TPSA) is 56.0 Å². The van der Waals surface area contributed by atoms with Crippen molar-refractivity contribution in [1.82, 2.24) is 24.8 Å². The molecule has 0 radical (unpaired) electrons. The predicted octanol–water partition coefficient (Wildman–Crippen LogP) is 4.24. The largest absolute Gasteiger partial charge is 0.265 e. The number of benzene rings is 1. The van der Waals surface area contributed by atoms with E-state index in [9.17, 15) is 0 Å². The van der Waals surface area contributed by atoms with Crippen LogP contribution in [0.25, 0.3) is 16.9 Å². The summed E-state index contributed by atoms with van der Waals surface area (Å²) in [6, 6.07) is 16.0. The minimum atomic E-state index is 0.742. The number of hydrogen-bond donors (Lipinski definition) is 0. The van der Waals surface area contributed by atoms with E-state index in [1.807, 2.05) is 36.4 Å². The van der Waals surface area contributed by atoms with Crippen molar-refractivity contribution in [2.24, 2.45) is 0 Å². The molecule has 0 saturated heterocycles. The molecular weight excluding hydrogens is 386 g/mol. The standard InChI is InChI=1S/C17H12BrN5S/c18-14-3-1-12(2-4-14)11-24-17-21-20-16-6-5-15(22-23(16)17)13-7-9-19-10-8-13/h1-10H,11H2. The Balaban J connectivity index is 1.62. The summed E-state index contributed by atoms with van der Waals surface area (Å²) in [5, 5.41) is 13.9. The minimum Gasteiger partial charge on any atom is -0.265 e. The van der Waals surface area contributed by atoms with Gasteiger partial charge in [-0.15, -0.1) is 10.2 Å². The fourth-order valence-corrected chi connectivity index (χ4v) is 3.37. The van der Waals surface area contributed by atoms with Crippen LogP contribution < -0.4 is 0 Å².